The first-order chi connectivity index (χ1) is 11.2. The highest BCUT2D eigenvalue weighted by atomic mass is 16.2. The topological polar surface area (TPSA) is 49.4 Å². The summed E-state index contributed by atoms with van der Waals surface area (Å²) in [4.78, 5) is 26.3. The predicted octanol–water partition coefficient (Wildman–Crippen LogP) is 3.35. The molecular weight excluding hydrogens is 300 g/mol. The van der Waals surface area contributed by atoms with Gasteiger partial charge < -0.3 is 10.2 Å². The zero-order chi connectivity index (χ0) is 17.9. The highest BCUT2D eigenvalue weighted by molar-refractivity contribution is 5.90. The number of amides is 2. The summed E-state index contributed by atoms with van der Waals surface area (Å²) >= 11 is 0. The molecule has 1 N–H and O–H groups in total. The number of rotatable bonds is 4. The average Bonchev–Trinajstić information content (AvgIpc) is 2.53. The van der Waals surface area contributed by atoms with Crippen molar-refractivity contribution >= 4 is 22.6 Å². The maximum Gasteiger partial charge on any atom is 0.244 e. The van der Waals surface area contributed by atoms with Gasteiger partial charge in [0.25, 0.3) is 0 Å². The number of fused-ring (bicyclic) bond motifs is 1. The molecule has 2 rings (SSSR count). The Balaban J connectivity index is 2.09. The van der Waals surface area contributed by atoms with Crippen LogP contribution in [0, 0.1) is 5.41 Å². The molecule has 2 amide bonds. The van der Waals surface area contributed by atoms with Crippen LogP contribution in [-0.2, 0) is 16.1 Å². The van der Waals surface area contributed by atoms with E-state index in [1.54, 1.807) is 18.9 Å². The van der Waals surface area contributed by atoms with Gasteiger partial charge in [0.05, 0.1) is 0 Å². The molecule has 0 aliphatic carbocycles. The van der Waals surface area contributed by atoms with Crippen LogP contribution in [0.5, 0.6) is 0 Å². The molecule has 128 valence electrons. The van der Waals surface area contributed by atoms with Crippen molar-refractivity contribution < 1.29 is 9.59 Å². The molecule has 2 aromatic rings. The summed E-state index contributed by atoms with van der Waals surface area (Å²) in [5.74, 6) is -0.220. The van der Waals surface area contributed by atoms with Crippen molar-refractivity contribution in [1.82, 2.24) is 10.2 Å². The molecule has 4 heteroatoms. The van der Waals surface area contributed by atoms with Crippen molar-refractivity contribution in [2.24, 2.45) is 5.41 Å². The number of hydrogen-bond acceptors (Lipinski definition) is 2. The van der Waals surface area contributed by atoms with Crippen LogP contribution in [0.3, 0.4) is 0 Å². The average molecular weight is 326 g/mol. The normalized spacial score (nSPS) is 12.7. The summed E-state index contributed by atoms with van der Waals surface area (Å²) in [7, 11) is 1.77. The van der Waals surface area contributed by atoms with E-state index in [0.29, 0.717) is 6.54 Å². The molecule has 0 aliphatic heterocycles. The van der Waals surface area contributed by atoms with Crippen molar-refractivity contribution in [3.05, 3.63) is 48.0 Å². The summed E-state index contributed by atoms with van der Waals surface area (Å²) in [6.07, 6.45) is 0. The Hall–Kier alpha value is -2.36. The molecule has 0 aromatic heterocycles. The van der Waals surface area contributed by atoms with Crippen molar-refractivity contribution in [3.8, 4) is 0 Å². The second-order valence-corrected chi connectivity index (χ2v) is 7.28. The predicted molar refractivity (Wildman–Crippen MR) is 97.5 cm³/mol. The molecule has 0 radical (unpaired) electrons. The van der Waals surface area contributed by atoms with Gasteiger partial charge in [-0.1, -0.05) is 63.2 Å². The third kappa shape index (κ3) is 4.13. The van der Waals surface area contributed by atoms with E-state index in [9.17, 15) is 9.59 Å². The van der Waals surface area contributed by atoms with Gasteiger partial charge in [-0.25, -0.2) is 0 Å². The maximum absolute atomic E-state index is 12.6. The molecule has 24 heavy (non-hydrogen) atoms. The van der Waals surface area contributed by atoms with E-state index in [4.69, 9.17) is 0 Å². The Morgan fingerprint density at radius 2 is 1.71 bits per heavy atom. The zero-order valence-corrected chi connectivity index (χ0v) is 15.1. The van der Waals surface area contributed by atoms with Crippen molar-refractivity contribution in [2.75, 3.05) is 7.05 Å². The molecular formula is C20H26N2O2. The fraction of sp³-hybridized carbons (Fsp3) is 0.400. The van der Waals surface area contributed by atoms with E-state index in [2.05, 4.69) is 23.5 Å². The summed E-state index contributed by atoms with van der Waals surface area (Å²) in [5, 5.41) is 5.10. The second-order valence-electron chi connectivity index (χ2n) is 7.28. The highest BCUT2D eigenvalue weighted by Crippen LogP contribution is 2.20. The van der Waals surface area contributed by atoms with Crippen LogP contribution >= 0.6 is 0 Å². The lowest BCUT2D eigenvalue weighted by Crippen LogP contribution is -2.48. The summed E-state index contributed by atoms with van der Waals surface area (Å²) < 4.78 is 0. The summed E-state index contributed by atoms with van der Waals surface area (Å²) in [5.41, 5.74) is 0.584. The maximum atomic E-state index is 12.6. The number of carbonyl (C=O) groups is 2. The van der Waals surface area contributed by atoms with Crippen molar-refractivity contribution in [2.45, 2.75) is 40.3 Å². The molecule has 0 heterocycles. The molecule has 1 unspecified atom stereocenters. The first kappa shape index (κ1) is 18.0. The molecule has 2 aromatic carbocycles. The number of likely N-dealkylation sites (N-methyl/N-ethyl adjacent to an activating group) is 1. The van der Waals surface area contributed by atoms with E-state index in [-0.39, 0.29) is 11.8 Å². The van der Waals surface area contributed by atoms with Crippen molar-refractivity contribution in [1.29, 1.82) is 0 Å². The fourth-order valence-corrected chi connectivity index (χ4v) is 2.57. The third-order valence-corrected chi connectivity index (χ3v) is 4.06. The van der Waals surface area contributed by atoms with Crippen LogP contribution in [0.4, 0.5) is 0 Å². The Kier molecular flexibility index (Phi) is 5.27. The van der Waals surface area contributed by atoms with Crippen molar-refractivity contribution in [3.63, 3.8) is 0 Å². The second kappa shape index (κ2) is 7.04. The van der Waals surface area contributed by atoms with Gasteiger partial charge in [0.15, 0.2) is 0 Å². The largest absolute Gasteiger partial charge is 0.344 e. The molecule has 0 bridgehead atoms. The fourth-order valence-electron chi connectivity index (χ4n) is 2.57. The van der Waals surface area contributed by atoms with Gasteiger partial charge in [-0.3, -0.25) is 9.59 Å². The molecule has 1 atom stereocenters. The van der Waals surface area contributed by atoms with Gasteiger partial charge in [-0.2, -0.15) is 0 Å². The number of hydrogen-bond donors (Lipinski definition) is 1. The van der Waals surface area contributed by atoms with Gasteiger partial charge >= 0.3 is 0 Å². The SMILES string of the molecule is CC(NC(=O)C(C)(C)C)C(=O)N(C)Cc1cccc2ccccc12. The summed E-state index contributed by atoms with van der Waals surface area (Å²) in [6.45, 7) is 7.74. The molecule has 4 nitrogen and oxygen atoms in total. The Morgan fingerprint density at radius 1 is 1.08 bits per heavy atom. The van der Waals surface area contributed by atoms with E-state index in [0.717, 1.165) is 16.3 Å². The molecule has 0 saturated carbocycles. The lowest BCUT2D eigenvalue weighted by Gasteiger charge is -2.25. The minimum Gasteiger partial charge on any atom is -0.344 e. The molecule has 0 spiro atoms. The van der Waals surface area contributed by atoms with Gasteiger partial charge in [0, 0.05) is 19.0 Å². The minimum atomic E-state index is -0.545. The zero-order valence-electron chi connectivity index (χ0n) is 15.1. The summed E-state index contributed by atoms with van der Waals surface area (Å²) in [6, 6.07) is 13.7. The van der Waals surface area contributed by atoms with Crippen LogP contribution in [0.1, 0.15) is 33.3 Å². The third-order valence-electron chi connectivity index (χ3n) is 4.06. The van der Waals surface area contributed by atoms with E-state index in [1.807, 2.05) is 45.0 Å². The van der Waals surface area contributed by atoms with Crippen LogP contribution in [0.15, 0.2) is 42.5 Å². The minimum absolute atomic E-state index is 0.0967. The van der Waals surface area contributed by atoms with E-state index >= 15 is 0 Å². The first-order valence-electron chi connectivity index (χ1n) is 8.22. The molecule has 0 aliphatic rings. The first-order valence-corrected chi connectivity index (χ1v) is 8.22. The Bertz CT molecular complexity index is 741. The van der Waals surface area contributed by atoms with E-state index < -0.39 is 11.5 Å². The Morgan fingerprint density at radius 3 is 2.38 bits per heavy atom. The van der Waals surface area contributed by atoms with Gasteiger partial charge in [0.1, 0.15) is 6.04 Å². The number of nitrogens with one attached hydrogen (secondary N) is 1. The van der Waals surface area contributed by atoms with Gasteiger partial charge in [-0.15, -0.1) is 0 Å². The van der Waals surface area contributed by atoms with Crippen LogP contribution < -0.4 is 5.32 Å². The number of benzene rings is 2. The smallest absolute Gasteiger partial charge is 0.244 e. The monoisotopic (exact) mass is 326 g/mol. The van der Waals surface area contributed by atoms with Gasteiger partial charge in [0.2, 0.25) is 11.8 Å². The quantitative estimate of drug-likeness (QED) is 0.937. The lowest BCUT2D eigenvalue weighted by molar-refractivity contribution is -0.137. The lowest BCUT2D eigenvalue weighted by atomic mass is 9.95. The number of nitrogens with zero attached hydrogens (tertiary/aromatic N) is 1. The van der Waals surface area contributed by atoms with Crippen LogP contribution in [0.25, 0.3) is 10.8 Å². The molecule has 0 fully saturated rings. The van der Waals surface area contributed by atoms with Gasteiger partial charge in [-0.05, 0) is 23.3 Å². The number of carbonyl (C=O) groups excluding carboxylic acids is 2. The Labute approximate surface area is 143 Å². The van der Waals surface area contributed by atoms with Crippen LogP contribution in [0.2, 0.25) is 0 Å². The van der Waals surface area contributed by atoms with Crippen LogP contribution in [-0.4, -0.2) is 29.8 Å². The van der Waals surface area contributed by atoms with E-state index in [1.165, 1.54) is 0 Å². The highest BCUT2D eigenvalue weighted by Gasteiger charge is 2.26. The standard InChI is InChI=1S/C20H26N2O2/c1-14(21-19(24)20(2,3)4)18(23)22(5)13-16-11-8-10-15-9-6-7-12-17(15)16/h6-12,14H,13H2,1-5H3,(H,21,24). The molecule has 0 saturated heterocycles.